The van der Waals surface area contributed by atoms with Crippen LogP contribution in [0.15, 0.2) is 145 Å². The fraction of sp³-hybridized carbons (Fsp3) is 0.150. The Balaban J connectivity index is 1.51. The van der Waals surface area contributed by atoms with Crippen molar-refractivity contribution in [2.75, 3.05) is 33.8 Å². The van der Waals surface area contributed by atoms with Gasteiger partial charge in [0.05, 0.1) is 14.2 Å². The molecule has 12 heteroatoms. The Kier molecular flexibility index (Phi) is 9.31. The van der Waals surface area contributed by atoms with Gasteiger partial charge in [-0.1, -0.05) is 72.8 Å². The third kappa shape index (κ3) is 5.79. The number of carbonyl (C=O) groups excluding carboxylic acids is 6. The molecule has 2 unspecified atom stereocenters. The molecule has 4 amide bonds. The third-order valence-electron chi connectivity index (χ3n) is 8.93. The fourth-order valence-corrected chi connectivity index (χ4v) is 6.47. The molecule has 4 aromatic rings. The molecule has 4 aromatic carbocycles. The van der Waals surface area contributed by atoms with Crippen LogP contribution in [-0.2, 0) is 38.2 Å². The molecule has 0 bridgehead atoms. The summed E-state index contributed by atoms with van der Waals surface area (Å²) in [6, 6.07) is 32.7. The highest BCUT2D eigenvalue weighted by Gasteiger charge is 2.54. The van der Waals surface area contributed by atoms with Crippen molar-refractivity contribution >= 4 is 58.3 Å². The molecule has 0 saturated heterocycles. The molecule has 262 valence electrons. The Morgan fingerprint density at radius 3 is 1.08 bits per heavy atom. The van der Waals surface area contributed by atoms with Gasteiger partial charge in [-0.25, -0.2) is 9.59 Å². The van der Waals surface area contributed by atoms with E-state index >= 15 is 0 Å². The van der Waals surface area contributed by atoms with Crippen molar-refractivity contribution in [2.24, 2.45) is 0 Å². The monoisotopic (exact) mass is 698 g/mol. The molecule has 2 atom stereocenters. The molecule has 6 rings (SSSR count). The van der Waals surface area contributed by atoms with Gasteiger partial charge in [0.25, 0.3) is 11.8 Å². The van der Waals surface area contributed by atoms with Gasteiger partial charge >= 0.3 is 23.8 Å². The third-order valence-corrected chi connectivity index (χ3v) is 8.93. The van der Waals surface area contributed by atoms with Crippen molar-refractivity contribution in [1.82, 2.24) is 0 Å². The van der Waals surface area contributed by atoms with Gasteiger partial charge in [-0.05, 0) is 74.5 Å². The molecule has 2 heterocycles. The molecule has 2 aliphatic rings. The van der Waals surface area contributed by atoms with Crippen molar-refractivity contribution in [2.45, 2.75) is 24.9 Å². The zero-order valence-corrected chi connectivity index (χ0v) is 28.8. The van der Waals surface area contributed by atoms with Gasteiger partial charge in [0.15, 0.2) is 11.1 Å². The molecular formula is C40H34N4O8. The van der Waals surface area contributed by atoms with Gasteiger partial charge < -0.3 is 9.47 Å². The normalized spacial score (nSPS) is 19.5. The molecule has 0 fully saturated rings. The van der Waals surface area contributed by atoms with Crippen LogP contribution < -0.4 is 19.6 Å². The zero-order valence-electron chi connectivity index (χ0n) is 28.8. The van der Waals surface area contributed by atoms with Crippen LogP contribution in [0.2, 0.25) is 0 Å². The van der Waals surface area contributed by atoms with Gasteiger partial charge in [-0.3, -0.25) is 38.8 Å². The number of ether oxygens (including phenoxy) is 2. The fourth-order valence-electron chi connectivity index (χ4n) is 6.47. The number of anilines is 4. The summed E-state index contributed by atoms with van der Waals surface area (Å²) in [6.45, 7) is 2.94. The lowest BCUT2D eigenvalue weighted by molar-refractivity contribution is -0.145. The van der Waals surface area contributed by atoms with E-state index in [9.17, 15) is 28.8 Å². The molecule has 0 N–H and O–H groups in total. The van der Waals surface area contributed by atoms with Crippen LogP contribution in [0.4, 0.5) is 22.7 Å². The standard InChI is InChI=1S/C40H34N4O8/c1-39(37(49)51-3)25-31(33(45)43(39)29-21-13-7-14-22-29)41(27-17-9-5-10-18-27)35(47)36(48)42(28-19-11-6-12-20-28)32-26-40(2,38(50)52-4)44(34(32)46)30-23-15-8-16-24-30/h5-26H,1-4H3. The second-order valence-corrected chi connectivity index (χ2v) is 12.2. The smallest absolute Gasteiger partial charge is 0.336 e. The maximum absolute atomic E-state index is 14.8. The predicted molar refractivity (Wildman–Crippen MR) is 193 cm³/mol. The number of rotatable bonds is 8. The van der Waals surface area contributed by atoms with Crippen LogP contribution in [0.3, 0.4) is 0 Å². The van der Waals surface area contributed by atoms with Crippen molar-refractivity contribution in [3.05, 3.63) is 145 Å². The maximum atomic E-state index is 14.8. The average molecular weight is 699 g/mol. The minimum absolute atomic E-state index is 0.132. The quantitative estimate of drug-likeness (QED) is 0.190. The lowest BCUT2D eigenvalue weighted by atomic mass is 10.0. The number of nitrogens with zero attached hydrogens (tertiary/aromatic N) is 4. The number of methoxy groups -OCH3 is 2. The molecule has 0 saturated carbocycles. The molecule has 0 spiro atoms. The summed E-state index contributed by atoms with van der Waals surface area (Å²) in [5.74, 6) is -5.57. The van der Waals surface area contributed by atoms with E-state index in [0.29, 0.717) is 11.4 Å². The topological polar surface area (TPSA) is 134 Å². The van der Waals surface area contributed by atoms with E-state index < -0.39 is 46.6 Å². The number of benzene rings is 4. The first-order valence-electron chi connectivity index (χ1n) is 16.2. The van der Waals surface area contributed by atoms with E-state index in [4.69, 9.17) is 9.47 Å². The number of esters is 2. The van der Waals surface area contributed by atoms with Gasteiger partial charge in [-0.15, -0.1) is 0 Å². The van der Waals surface area contributed by atoms with Crippen LogP contribution in [0.5, 0.6) is 0 Å². The summed E-state index contributed by atoms with van der Waals surface area (Å²) in [5, 5.41) is 0. The highest BCUT2D eigenvalue weighted by Crippen LogP contribution is 2.40. The Morgan fingerprint density at radius 1 is 0.500 bits per heavy atom. The summed E-state index contributed by atoms with van der Waals surface area (Å²) >= 11 is 0. The van der Waals surface area contributed by atoms with E-state index in [2.05, 4.69) is 0 Å². The molecule has 0 aliphatic carbocycles. The first-order valence-corrected chi connectivity index (χ1v) is 16.2. The lowest BCUT2D eigenvalue weighted by Gasteiger charge is -2.32. The highest BCUT2D eigenvalue weighted by molar-refractivity contribution is 6.48. The Morgan fingerprint density at radius 2 is 0.788 bits per heavy atom. The van der Waals surface area contributed by atoms with E-state index in [0.717, 1.165) is 9.80 Å². The molecule has 2 aliphatic heterocycles. The summed E-state index contributed by atoms with van der Waals surface area (Å²) in [6.07, 6.45) is 2.56. The Bertz CT molecular complexity index is 1970. The van der Waals surface area contributed by atoms with Crippen molar-refractivity contribution < 1.29 is 38.2 Å². The zero-order chi connectivity index (χ0) is 37.2. The minimum Gasteiger partial charge on any atom is -0.467 e. The van der Waals surface area contributed by atoms with Gasteiger partial charge in [-0.2, -0.15) is 0 Å². The largest absolute Gasteiger partial charge is 0.467 e. The minimum atomic E-state index is -1.72. The Hall–Kier alpha value is -6.82. The summed E-state index contributed by atoms with van der Waals surface area (Å²) in [5.41, 5.74) is -3.10. The van der Waals surface area contributed by atoms with E-state index in [1.165, 1.54) is 74.3 Å². The lowest BCUT2D eigenvalue weighted by Crippen LogP contribution is -2.52. The van der Waals surface area contributed by atoms with Crippen molar-refractivity contribution in [3.63, 3.8) is 0 Å². The highest BCUT2D eigenvalue weighted by atomic mass is 16.5. The van der Waals surface area contributed by atoms with E-state index in [1.54, 1.807) is 97.1 Å². The summed E-state index contributed by atoms with van der Waals surface area (Å²) in [4.78, 5) is 89.4. The number of para-hydroxylation sites is 4. The summed E-state index contributed by atoms with van der Waals surface area (Å²) in [7, 11) is 2.36. The van der Waals surface area contributed by atoms with Crippen molar-refractivity contribution in [1.29, 1.82) is 0 Å². The SMILES string of the molecule is COC(=O)C1(C)C=C(N(C(=O)C(=O)N(C2=CC(C)(C(=O)OC)N(c3ccccc3)C2=O)c2ccccc2)c2ccccc2)C(=O)N1c1ccccc1. The molecule has 0 aromatic heterocycles. The molecule has 12 nitrogen and oxygen atoms in total. The molecule has 52 heavy (non-hydrogen) atoms. The second kappa shape index (κ2) is 13.8. The number of hydrogen-bond donors (Lipinski definition) is 0. The van der Waals surface area contributed by atoms with Crippen LogP contribution in [0, 0.1) is 0 Å². The second-order valence-electron chi connectivity index (χ2n) is 12.2. The molecule has 0 radical (unpaired) electrons. The first kappa shape index (κ1) is 35.0. The molecular weight excluding hydrogens is 664 g/mol. The summed E-state index contributed by atoms with van der Waals surface area (Å²) < 4.78 is 10.2. The number of carbonyl (C=O) groups is 6. The first-order chi connectivity index (χ1) is 25.0. The van der Waals surface area contributed by atoms with Crippen LogP contribution >= 0.6 is 0 Å². The predicted octanol–water partition coefficient (Wildman–Crippen LogP) is 4.78. The number of amides is 4. The maximum Gasteiger partial charge on any atom is 0.336 e. The Labute approximate surface area is 299 Å². The van der Waals surface area contributed by atoms with Crippen LogP contribution in [-0.4, -0.2) is 60.9 Å². The van der Waals surface area contributed by atoms with Crippen LogP contribution in [0.1, 0.15) is 13.8 Å². The van der Waals surface area contributed by atoms with Crippen LogP contribution in [0.25, 0.3) is 0 Å². The van der Waals surface area contributed by atoms with Gasteiger partial charge in [0.1, 0.15) is 11.4 Å². The number of hydrogen-bond acceptors (Lipinski definition) is 8. The van der Waals surface area contributed by atoms with E-state index in [1.807, 2.05) is 0 Å². The van der Waals surface area contributed by atoms with Gasteiger partial charge in [0, 0.05) is 22.7 Å². The van der Waals surface area contributed by atoms with Crippen molar-refractivity contribution in [3.8, 4) is 0 Å². The van der Waals surface area contributed by atoms with Gasteiger partial charge in [0.2, 0.25) is 0 Å². The van der Waals surface area contributed by atoms with E-state index in [-0.39, 0.29) is 22.8 Å². The average Bonchev–Trinajstić information content (AvgIpc) is 3.60.